The monoisotopic (exact) mass is 284 g/mol. The molecule has 1 aromatic rings. The summed E-state index contributed by atoms with van der Waals surface area (Å²) in [7, 11) is 0. The molecule has 0 saturated heterocycles. The third kappa shape index (κ3) is 3.47. The maximum atomic E-state index is 11.5. The van der Waals surface area contributed by atoms with Crippen LogP contribution in [0.25, 0.3) is 0 Å². The first kappa shape index (κ1) is 12.9. The molecule has 6 nitrogen and oxygen atoms in total. The molecule has 0 spiro atoms. The molecule has 0 atom stereocenters. The highest BCUT2D eigenvalue weighted by molar-refractivity contribution is 7.80. The van der Waals surface area contributed by atoms with Crippen molar-refractivity contribution in [2.45, 2.75) is 18.8 Å². The van der Waals surface area contributed by atoms with E-state index < -0.39 is 11.8 Å². The van der Waals surface area contributed by atoms with E-state index in [-0.39, 0.29) is 11.5 Å². The van der Waals surface area contributed by atoms with Crippen LogP contribution in [0.15, 0.2) is 5.38 Å². The molecule has 1 saturated carbocycles. The maximum Gasteiger partial charge on any atom is 0.315 e. The van der Waals surface area contributed by atoms with E-state index in [9.17, 15) is 9.59 Å². The van der Waals surface area contributed by atoms with E-state index in [1.165, 1.54) is 11.3 Å². The van der Waals surface area contributed by atoms with Crippen LogP contribution >= 0.6 is 23.6 Å². The minimum absolute atomic E-state index is 0.00673. The van der Waals surface area contributed by atoms with Crippen molar-refractivity contribution in [2.24, 2.45) is 5.73 Å². The van der Waals surface area contributed by atoms with E-state index in [0.29, 0.717) is 11.0 Å². The molecule has 1 fully saturated rings. The van der Waals surface area contributed by atoms with Crippen molar-refractivity contribution in [2.75, 3.05) is 11.9 Å². The number of thiazole rings is 1. The van der Waals surface area contributed by atoms with Crippen molar-refractivity contribution < 1.29 is 9.59 Å². The lowest BCUT2D eigenvalue weighted by atomic mass is 10.3. The zero-order chi connectivity index (χ0) is 13.1. The second-order valence-electron chi connectivity index (χ2n) is 3.95. The lowest BCUT2D eigenvalue weighted by molar-refractivity contribution is -0.135. The lowest BCUT2D eigenvalue weighted by Gasteiger charge is -2.02. The number of hydrogen-bond donors (Lipinski definition) is 3. The highest BCUT2D eigenvalue weighted by Gasteiger charge is 2.26. The fourth-order valence-corrected chi connectivity index (χ4v) is 2.17. The van der Waals surface area contributed by atoms with Crippen LogP contribution in [0.1, 0.15) is 24.5 Å². The summed E-state index contributed by atoms with van der Waals surface area (Å²) >= 11 is 5.90. The van der Waals surface area contributed by atoms with Gasteiger partial charge in [0.25, 0.3) is 0 Å². The van der Waals surface area contributed by atoms with E-state index in [0.717, 1.165) is 18.5 Å². The summed E-state index contributed by atoms with van der Waals surface area (Å²) in [4.78, 5) is 27.2. The van der Waals surface area contributed by atoms with Crippen molar-refractivity contribution in [3.8, 4) is 0 Å². The second-order valence-corrected chi connectivity index (χ2v) is 5.34. The number of carbonyl (C=O) groups excluding carboxylic acids is 2. The van der Waals surface area contributed by atoms with Crippen LogP contribution in [-0.2, 0) is 9.59 Å². The number of anilines is 1. The molecule has 96 valence electrons. The summed E-state index contributed by atoms with van der Waals surface area (Å²) in [6.07, 6.45) is 2.29. The van der Waals surface area contributed by atoms with E-state index >= 15 is 0 Å². The normalized spacial score (nSPS) is 14.0. The Bertz CT molecular complexity index is 496. The first-order chi connectivity index (χ1) is 8.56. The number of aromatic nitrogens is 1. The molecule has 0 bridgehead atoms. The summed E-state index contributed by atoms with van der Waals surface area (Å²) in [5.74, 6) is -1.01. The topological polar surface area (TPSA) is 97.1 Å². The molecular formula is C10H12N4O2S2. The fraction of sp³-hybridized carbons (Fsp3) is 0.400. The molecule has 8 heteroatoms. The molecule has 1 heterocycles. The Kier molecular flexibility index (Phi) is 3.87. The van der Waals surface area contributed by atoms with Gasteiger partial charge in [0.2, 0.25) is 0 Å². The Labute approximate surface area is 113 Å². The lowest BCUT2D eigenvalue weighted by Crippen LogP contribution is -2.39. The summed E-state index contributed by atoms with van der Waals surface area (Å²) < 4.78 is 0. The summed E-state index contributed by atoms with van der Waals surface area (Å²) in [6.45, 7) is 0.00673. The van der Waals surface area contributed by atoms with Gasteiger partial charge < -0.3 is 11.1 Å². The first-order valence-corrected chi connectivity index (χ1v) is 6.68. The van der Waals surface area contributed by atoms with Crippen LogP contribution in [0.4, 0.5) is 5.13 Å². The summed E-state index contributed by atoms with van der Waals surface area (Å²) in [5, 5.41) is 7.08. The van der Waals surface area contributed by atoms with Gasteiger partial charge in [-0.2, -0.15) is 0 Å². The second kappa shape index (κ2) is 5.40. The van der Waals surface area contributed by atoms with Gasteiger partial charge in [-0.1, -0.05) is 12.2 Å². The van der Waals surface area contributed by atoms with E-state index in [1.54, 1.807) is 0 Å². The zero-order valence-corrected chi connectivity index (χ0v) is 11.1. The molecule has 2 rings (SSSR count). The Balaban J connectivity index is 1.85. The SMILES string of the molecule is NC(=S)CNC(=O)C(=O)Nc1nc(C2CC2)cs1. The number of thiocarbonyl (C=S) groups is 1. The summed E-state index contributed by atoms with van der Waals surface area (Å²) in [6, 6.07) is 0. The predicted molar refractivity (Wildman–Crippen MR) is 72.5 cm³/mol. The van der Waals surface area contributed by atoms with Gasteiger partial charge in [0.05, 0.1) is 17.2 Å². The predicted octanol–water partition coefficient (Wildman–Crippen LogP) is 0.361. The van der Waals surface area contributed by atoms with Gasteiger partial charge in [-0.05, 0) is 12.8 Å². The van der Waals surface area contributed by atoms with Gasteiger partial charge in [-0.15, -0.1) is 11.3 Å². The van der Waals surface area contributed by atoms with Crippen molar-refractivity contribution in [3.63, 3.8) is 0 Å². The molecule has 1 aliphatic rings. The van der Waals surface area contributed by atoms with E-state index in [1.807, 2.05) is 5.38 Å². The first-order valence-electron chi connectivity index (χ1n) is 5.39. The van der Waals surface area contributed by atoms with Crippen LogP contribution < -0.4 is 16.4 Å². The molecule has 2 amide bonds. The third-order valence-electron chi connectivity index (χ3n) is 2.37. The number of nitrogens with zero attached hydrogens (tertiary/aromatic N) is 1. The Hall–Kier alpha value is -1.54. The fourth-order valence-electron chi connectivity index (χ4n) is 1.31. The minimum atomic E-state index is -0.772. The Morgan fingerprint density at radius 3 is 2.83 bits per heavy atom. The standard InChI is InChI=1S/C10H12N4O2S2/c11-7(17)3-12-8(15)9(16)14-10-13-6(4-18-10)5-1-2-5/h4-5H,1-3H2,(H2,11,17)(H,12,15)(H,13,14,16). The van der Waals surface area contributed by atoms with Gasteiger partial charge in [0.1, 0.15) is 0 Å². The smallest absolute Gasteiger partial charge is 0.315 e. The number of nitrogens with two attached hydrogens (primary N) is 1. The molecule has 0 aliphatic heterocycles. The molecule has 18 heavy (non-hydrogen) atoms. The van der Waals surface area contributed by atoms with Crippen molar-refractivity contribution in [1.82, 2.24) is 10.3 Å². The minimum Gasteiger partial charge on any atom is -0.392 e. The molecule has 0 unspecified atom stereocenters. The number of nitrogens with one attached hydrogen (secondary N) is 2. The summed E-state index contributed by atoms with van der Waals surface area (Å²) in [5.41, 5.74) is 6.20. The Morgan fingerprint density at radius 2 is 2.22 bits per heavy atom. The average molecular weight is 284 g/mol. The molecule has 1 aliphatic carbocycles. The molecular weight excluding hydrogens is 272 g/mol. The molecule has 0 radical (unpaired) electrons. The van der Waals surface area contributed by atoms with E-state index in [2.05, 4.69) is 27.8 Å². The van der Waals surface area contributed by atoms with Crippen molar-refractivity contribution >= 4 is 45.5 Å². The van der Waals surface area contributed by atoms with Gasteiger partial charge in [-0.25, -0.2) is 4.98 Å². The quantitative estimate of drug-likeness (QED) is 0.548. The van der Waals surface area contributed by atoms with Crippen LogP contribution in [0, 0.1) is 0 Å². The average Bonchev–Trinajstić information content (AvgIpc) is 3.07. The van der Waals surface area contributed by atoms with Gasteiger partial charge in [0, 0.05) is 11.3 Å². The third-order valence-corrected chi connectivity index (χ3v) is 3.29. The largest absolute Gasteiger partial charge is 0.392 e. The molecule has 4 N–H and O–H groups in total. The highest BCUT2D eigenvalue weighted by Crippen LogP contribution is 2.40. The number of amides is 2. The van der Waals surface area contributed by atoms with Gasteiger partial charge >= 0.3 is 11.8 Å². The van der Waals surface area contributed by atoms with E-state index in [4.69, 9.17) is 5.73 Å². The highest BCUT2D eigenvalue weighted by atomic mass is 32.1. The van der Waals surface area contributed by atoms with Crippen LogP contribution in [-0.4, -0.2) is 28.3 Å². The van der Waals surface area contributed by atoms with Gasteiger partial charge in [-0.3, -0.25) is 14.9 Å². The van der Waals surface area contributed by atoms with Crippen molar-refractivity contribution in [1.29, 1.82) is 0 Å². The number of hydrogen-bond acceptors (Lipinski definition) is 5. The van der Waals surface area contributed by atoms with Crippen molar-refractivity contribution in [3.05, 3.63) is 11.1 Å². The maximum absolute atomic E-state index is 11.5. The van der Waals surface area contributed by atoms with Crippen LogP contribution in [0.2, 0.25) is 0 Å². The number of carbonyl (C=O) groups is 2. The molecule has 1 aromatic heterocycles. The molecule has 0 aromatic carbocycles. The Morgan fingerprint density at radius 1 is 1.50 bits per heavy atom. The van der Waals surface area contributed by atoms with Crippen LogP contribution in [0.5, 0.6) is 0 Å². The van der Waals surface area contributed by atoms with Crippen LogP contribution in [0.3, 0.4) is 0 Å². The zero-order valence-electron chi connectivity index (χ0n) is 9.43. The van der Waals surface area contributed by atoms with Gasteiger partial charge in [0.15, 0.2) is 5.13 Å². The number of rotatable bonds is 4.